The topological polar surface area (TPSA) is 53.6 Å². The van der Waals surface area contributed by atoms with Gasteiger partial charge in [0.2, 0.25) is 0 Å². The van der Waals surface area contributed by atoms with Gasteiger partial charge < -0.3 is 16.0 Å². The first kappa shape index (κ1) is 18.2. The molecule has 0 aliphatic heterocycles. The Balaban J connectivity index is 4.28. The predicted octanol–water partition coefficient (Wildman–Crippen LogP) is 2.30. The fourth-order valence-corrected chi connectivity index (χ4v) is 2.30. The van der Waals surface area contributed by atoms with Crippen LogP contribution in [0.4, 0.5) is 0 Å². The molecule has 0 amide bonds. The second kappa shape index (κ2) is 10.1. The van der Waals surface area contributed by atoms with Crippen LogP contribution in [0.1, 0.15) is 47.0 Å². The monoisotopic (exact) mass is 270 g/mol. The van der Waals surface area contributed by atoms with Crippen molar-refractivity contribution in [1.82, 2.24) is 10.2 Å². The van der Waals surface area contributed by atoms with Crippen LogP contribution in [0.15, 0.2) is 4.99 Å². The molecule has 0 aliphatic rings. The summed E-state index contributed by atoms with van der Waals surface area (Å²) in [4.78, 5) is 6.77. The molecule has 0 radical (unpaired) electrons. The number of hydrogen-bond acceptors (Lipinski definition) is 2. The van der Waals surface area contributed by atoms with E-state index in [0.717, 1.165) is 19.5 Å². The number of guanidine groups is 1. The lowest BCUT2D eigenvalue weighted by atomic mass is 9.93. The molecule has 4 nitrogen and oxygen atoms in total. The normalized spacial score (nSPS) is 14.5. The molecule has 1 unspecified atom stereocenters. The van der Waals surface area contributed by atoms with Gasteiger partial charge in [-0.2, -0.15) is 0 Å². The van der Waals surface area contributed by atoms with E-state index in [1.807, 2.05) is 0 Å². The Morgan fingerprint density at radius 2 is 1.79 bits per heavy atom. The number of aliphatic imine (C=N–C) groups is 1. The van der Waals surface area contributed by atoms with Gasteiger partial charge in [0, 0.05) is 12.6 Å². The van der Waals surface area contributed by atoms with Gasteiger partial charge in [-0.15, -0.1) is 0 Å². The van der Waals surface area contributed by atoms with Crippen LogP contribution in [0, 0.1) is 11.8 Å². The smallest absolute Gasteiger partial charge is 0.188 e. The van der Waals surface area contributed by atoms with Crippen molar-refractivity contribution < 1.29 is 0 Å². The zero-order chi connectivity index (χ0) is 14.8. The minimum absolute atomic E-state index is 0.473. The third-order valence-electron chi connectivity index (χ3n) is 3.73. The van der Waals surface area contributed by atoms with Gasteiger partial charge in [-0.1, -0.05) is 40.5 Å². The van der Waals surface area contributed by atoms with Crippen LogP contribution in [0.25, 0.3) is 0 Å². The van der Waals surface area contributed by atoms with E-state index in [1.165, 1.54) is 12.8 Å². The van der Waals surface area contributed by atoms with Crippen molar-refractivity contribution >= 4 is 5.96 Å². The molecule has 0 fully saturated rings. The maximum Gasteiger partial charge on any atom is 0.188 e. The fraction of sp³-hybridized carbons (Fsp3) is 0.933. The van der Waals surface area contributed by atoms with Gasteiger partial charge in [0.25, 0.3) is 0 Å². The van der Waals surface area contributed by atoms with Gasteiger partial charge in [0.05, 0.1) is 6.54 Å². The second-order valence-corrected chi connectivity index (χ2v) is 5.94. The molecule has 0 bridgehead atoms. The Hall–Kier alpha value is -0.770. The molecular weight excluding hydrogens is 236 g/mol. The molecule has 0 rings (SSSR count). The molecule has 3 N–H and O–H groups in total. The third kappa shape index (κ3) is 8.09. The number of nitrogens with zero attached hydrogens (tertiary/aromatic N) is 2. The summed E-state index contributed by atoms with van der Waals surface area (Å²) in [6.45, 7) is 10.6. The standard InChI is InChI=1S/C15H34N4/c1-7-13(8-2)14(19(5)6)11-18-15(16)17-10-9-12(3)4/h12-14H,7-11H2,1-6H3,(H3,16,17,18). The maximum absolute atomic E-state index is 5.91. The minimum Gasteiger partial charge on any atom is -0.370 e. The summed E-state index contributed by atoms with van der Waals surface area (Å²) in [5.41, 5.74) is 5.91. The molecule has 4 heteroatoms. The molecule has 19 heavy (non-hydrogen) atoms. The number of rotatable bonds is 9. The largest absolute Gasteiger partial charge is 0.370 e. The van der Waals surface area contributed by atoms with E-state index in [4.69, 9.17) is 5.73 Å². The van der Waals surface area contributed by atoms with Gasteiger partial charge in [-0.25, -0.2) is 0 Å². The van der Waals surface area contributed by atoms with Gasteiger partial charge in [-0.05, 0) is 32.4 Å². The molecule has 0 aliphatic carbocycles. The highest BCUT2D eigenvalue weighted by molar-refractivity contribution is 5.77. The highest BCUT2D eigenvalue weighted by atomic mass is 15.1. The Morgan fingerprint density at radius 1 is 1.21 bits per heavy atom. The van der Waals surface area contributed by atoms with E-state index in [0.29, 0.717) is 23.8 Å². The van der Waals surface area contributed by atoms with Crippen molar-refractivity contribution in [1.29, 1.82) is 0 Å². The lowest BCUT2D eigenvalue weighted by Crippen LogP contribution is -2.40. The van der Waals surface area contributed by atoms with Gasteiger partial charge >= 0.3 is 0 Å². The number of likely N-dealkylation sites (N-methyl/N-ethyl adjacent to an activating group) is 1. The van der Waals surface area contributed by atoms with Crippen LogP contribution in [-0.4, -0.2) is 44.1 Å². The lowest BCUT2D eigenvalue weighted by molar-refractivity contribution is 0.206. The highest BCUT2D eigenvalue weighted by Gasteiger charge is 2.20. The van der Waals surface area contributed by atoms with E-state index in [9.17, 15) is 0 Å². The molecule has 0 spiro atoms. The van der Waals surface area contributed by atoms with Crippen LogP contribution in [0.3, 0.4) is 0 Å². The molecule has 0 aromatic heterocycles. The molecule has 0 aromatic carbocycles. The number of nitrogens with two attached hydrogens (primary N) is 1. The van der Waals surface area contributed by atoms with Gasteiger partial charge in [-0.3, -0.25) is 4.99 Å². The van der Waals surface area contributed by atoms with Crippen molar-refractivity contribution in [2.75, 3.05) is 27.2 Å². The van der Waals surface area contributed by atoms with Gasteiger partial charge in [0.15, 0.2) is 5.96 Å². The van der Waals surface area contributed by atoms with Crippen molar-refractivity contribution in [3.8, 4) is 0 Å². The summed E-state index contributed by atoms with van der Waals surface area (Å²) in [5.74, 6) is 1.96. The van der Waals surface area contributed by atoms with Gasteiger partial charge in [0.1, 0.15) is 0 Å². The van der Waals surface area contributed by atoms with E-state index in [2.05, 4.69) is 57.0 Å². The Morgan fingerprint density at radius 3 is 2.21 bits per heavy atom. The van der Waals surface area contributed by atoms with Crippen LogP contribution < -0.4 is 11.1 Å². The van der Waals surface area contributed by atoms with E-state index in [-0.39, 0.29) is 0 Å². The highest BCUT2D eigenvalue weighted by Crippen LogP contribution is 2.17. The Labute approximate surface area is 119 Å². The van der Waals surface area contributed by atoms with Crippen molar-refractivity contribution in [2.24, 2.45) is 22.6 Å². The first-order chi connectivity index (χ1) is 8.92. The summed E-state index contributed by atoms with van der Waals surface area (Å²) in [7, 11) is 4.25. The maximum atomic E-state index is 5.91. The van der Waals surface area contributed by atoms with Crippen LogP contribution >= 0.6 is 0 Å². The van der Waals surface area contributed by atoms with Crippen molar-refractivity contribution in [2.45, 2.75) is 53.0 Å². The summed E-state index contributed by atoms with van der Waals surface area (Å²) in [5, 5.41) is 3.19. The van der Waals surface area contributed by atoms with E-state index >= 15 is 0 Å². The SMILES string of the molecule is CCC(CC)C(CN=C(N)NCCC(C)C)N(C)C. The Kier molecular flexibility index (Phi) is 9.66. The van der Waals surface area contributed by atoms with E-state index < -0.39 is 0 Å². The van der Waals surface area contributed by atoms with E-state index in [1.54, 1.807) is 0 Å². The first-order valence-electron chi connectivity index (χ1n) is 7.62. The third-order valence-corrected chi connectivity index (χ3v) is 3.73. The van der Waals surface area contributed by atoms with Crippen molar-refractivity contribution in [3.63, 3.8) is 0 Å². The zero-order valence-corrected chi connectivity index (χ0v) is 13.7. The molecule has 1 atom stereocenters. The average Bonchev–Trinajstić information content (AvgIpc) is 2.33. The number of hydrogen-bond donors (Lipinski definition) is 2. The molecule has 114 valence electrons. The summed E-state index contributed by atoms with van der Waals surface area (Å²) in [6.07, 6.45) is 3.50. The Bertz CT molecular complexity index is 245. The fourth-order valence-electron chi connectivity index (χ4n) is 2.30. The predicted molar refractivity (Wildman–Crippen MR) is 85.5 cm³/mol. The average molecular weight is 270 g/mol. The lowest BCUT2D eigenvalue weighted by Gasteiger charge is -2.30. The second-order valence-electron chi connectivity index (χ2n) is 5.94. The molecular formula is C15H34N4. The summed E-state index contributed by atoms with van der Waals surface area (Å²) in [6, 6.07) is 0.473. The molecule has 0 aromatic rings. The number of nitrogens with one attached hydrogen (secondary N) is 1. The minimum atomic E-state index is 0.473. The van der Waals surface area contributed by atoms with Crippen LogP contribution in [-0.2, 0) is 0 Å². The molecule has 0 saturated heterocycles. The summed E-state index contributed by atoms with van der Waals surface area (Å²) >= 11 is 0. The van der Waals surface area contributed by atoms with Crippen LogP contribution in [0.5, 0.6) is 0 Å². The summed E-state index contributed by atoms with van der Waals surface area (Å²) < 4.78 is 0. The van der Waals surface area contributed by atoms with Crippen LogP contribution in [0.2, 0.25) is 0 Å². The van der Waals surface area contributed by atoms with Crippen molar-refractivity contribution in [3.05, 3.63) is 0 Å². The zero-order valence-electron chi connectivity index (χ0n) is 13.7. The quantitative estimate of drug-likeness (QED) is 0.499. The molecule has 0 saturated carbocycles. The molecule has 0 heterocycles. The first-order valence-corrected chi connectivity index (χ1v) is 7.62.